The van der Waals surface area contributed by atoms with Crippen molar-refractivity contribution in [3.8, 4) is 0 Å². The lowest BCUT2D eigenvalue weighted by Gasteiger charge is -2.04. The summed E-state index contributed by atoms with van der Waals surface area (Å²) in [7, 11) is 0. The number of ketones is 2. The second-order valence-corrected chi connectivity index (χ2v) is 7.21. The predicted octanol–water partition coefficient (Wildman–Crippen LogP) is 3.95. The Balaban J connectivity index is 1.70. The number of nitrogens with one attached hydrogen (secondary N) is 1. The highest BCUT2D eigenvalue weighted by Gasteiger charge is 2.20. The smallest absolute Gasteiger partial charge is 0.350 e. The lowest BCUT2D eigenvalue weighted by Crippen LogP contribution is -2.15. The summed E-state index contributed by atoms with van der Waals surface area (Å²) >= 11 is 1.02. The Morgan fingerprint density at radius 3 is 2.07 bits per heavy atom. The average molecular weight is 422 g/mol. The number of hydrogen-bond donors (Lipinski definition) is 1. The van der Waals surface area contributed by atoms with Gasteiger partial charge in [-0.05, 0) is 26.0 Å². The minimum Gasteiger partial charge on any atom is -0.462 e. The molecule has 152 valence electrons. The number of esters is 1. The summed E-state index contributed by atoms with van der Waals surface area (Å²) < 4.78 is 4.96. The fourth-order valence-electron chi connectivity index (χ4n) is 2.63. The van der Waals surface area contributed by atoms with E-state index < -0.39 is 23.4 Å². The Morgan fingerprint density at radius 2 is 1.47 bits per heavy atom. The molecule has 2 aromatic carbocycles. The highest BCUT2D eigenvalue weighted by molar-refractivity contribution is 7.17. The summed E-state index contributed by atoms with van der Waals surface area (Å²) in [5.41, 5.74) is 1.24. The van der Waals surface area contributed by atoms with Crippen molar-refractivity contribution in [2.45, 2.75) is 13.8 Å². The number of Topliss-reactive ketones (excluding diaryl/α,β-unsaturated/α-hetero) is 2. The van der Waals surface area contributed by atoms with Crippen LogP contribution < -0.4 is 5.32 Å². The molecule has 7 nitrogen and oxygen atoms in total. The average Bonchev–Trinajstić information content (AvgIpc) is 3.13. The van der Waals surface area contributed by atoms with Gasteiger partial charge in [0.15, 0.2) is 5.13 Å². The largest absolute Gasteiger partial charge is 0.462 e. The Labute approximate surface area is 176 Å². The van der Waals surface area contributed by atoms with E-state index in [1.165, 1.54) is 24.3 Å². The third kappa shape index (κ3) is 4.66. The summed E-state index contributed by atoms with van der Waals surface area (Å²) in [5.74, 6) is -2.20. The minimum atomic E-state index is -0.650. The Kier molecular flexibility index (Phi) is 6.48. The monoisotopic (exact) mass is 422 g/mol. The molecule has 0 radical (unpaired) electrons. The van der Waals surface area contributed by atoms with Gasteiger partial charge in [-0.3, -0.25) is 19.7 Å². The molecule has 0 saturated carbocycles. The third-order valence-corrected chi connectivity index (χ3v) is 5.18. The van der Waals surface area contributed by atoms with Crippen LogP contribution in [0.25, 0.3) is 0 Å². The molecule has 0 unspecified atom stereocenters. The Bertz CT molecular complexity index is 1100. The summed E-state index contributed by atoms with van der Waals surface area (Å²) in [6.45, 7) is 3.61. The molecule has 0 bridgehead atoms. The zero-order chi connectivity index (χ0) is 21.7. The van der Waals surface area contributed by atoms with Crippen LogP contribution in [-0.4, -0.2) is 35.0 Å². The van der Waals surface area contributed by atoms with Crippen molar-refractivity contribution in [3.63, 3.8) is 0 Å². The van der Waals surface area contributed by atoms with E-state index in [2.05, 4.69) is 10.3 Å². The van der Waals surface area contributed by atoms with Crippen molar-refractivity contribution in [1.82, 2.24) is 4.98 Å². The van der Waals surface area contributed by atoms with Crippen LogP contribution in [-0.2, 0) is 4.74 Å². The normalized spacial score (nSPS) is 10.3. The summed E-state index contributed by atoms with van der Waals surface area (Å²) in [6, 6.07) is 14.0. The molecule has 0 aliphatic rings. The molecule has 0 atom stereocenters. The maximum atomic E-state index is 12.5. The van der Waals surface area contributed by atoms with Crippen molar-refractivity contribution in [1.29, 1.82) is 0 Å². The zero-order valence-corrected chi connectivity index (χ0v) is 17.1. The van der Waals surface area contributed by atoms with E-state index in [1.807, 2.05) is 0 Å². The molecule has 1 heterocycles. The molecule has 0 spiro atoms. The molecular weight excluding hydrogens is 404 g/mol. The van der Waals surface area contributed by atoms with E-state index in [4.69, 9.17) is 4.74 Å². The number of anilines is 1. The summed E-state index contributed by atoms with van der Waals surface area (Å²) in [6.07, 6.45) is 0. The van der Waals surface area contributed by atoms with Gasteiger partial charge in [0, 0.05) is 16.7 Å². The van der Waals surface area contributed by atoms with Gasteiger partial charge in [-0.25, -0.2) is 9.78 Å². The lowest BCUT2D eigenvalue weighted by atomic mass is 10.0. The molecule has 1 amide bonds. The van der Waals surface area contributed by atoms with Crippen molar-refractivity contribution in [2.24, 2.45) is 0 Å². The quantitative estimate of drug-likeness (QED) is 0.351. The molecule has 0 saturated heterocycles. The SMILES string of the molecule is CCOC(=O)c1sc(NC(=O)c2ccc(C(=O)C(=O)c3ccccc3)cc2)nc1C. The van der Waals surface area contributed by atoms with E-state index in [0.717, 1.165) is 11.3 Å². The molecule has 3 rings (SSSR count). The molecule has 30 heavy (non-hydrogen) atoms. The second-order valence-electron chi connectivity index (χ2n) is 6.21. The second kappa shape index (κ2) is 9.23. The number of hydrogen-bond acceptors (Lipinski definition) is 7. The van der Waals surface area contributed by atoms with Crippen molar-refractivity contribution in [2.75, 3.05) is 11.9 Å². The van der Waals surface area contributed by atoms with Gasteiger partial charge in [-0.15, -0.1) is 0 Å². The predicted molar refractivity (Wildman–Crippen MR) is 112 cm³/mol. The molecule has 1 aromatic heterocycles. The molecule has 0 aliphatic heterocycles. The molecular formula is C22H18N2O5S. The van der Waals surface area contributed by atoms with Gasteiger partial charge in [-0.2, -0.15) is 0 Å². The first kappa shape index (κ1) is 21.1. The number of rotatable bonds is 7. The van der Waals surface area contributed by atoms with Crippen LogP contribution >= 0.6 is 11.3 Å². The number of amides is 1. The first-order chi connectivity index (χ1) is 14.4. The van der Waals surface area contributed by atoms with E-state index >= 15 is 0 Å². The van der Waals surface area contributed by atoms with E-state index in [0.29, 0.717) is 16.1 Å². The first-order valence-electron chi connectivity index (χ1n) is 9.10. The van der Waals surface area contributed by atoms with Gasteiger partial charge in [0.05, 0.1) is 12.3 Å². The van der Waals surface area contributed by atoms with Crippen LogP contribution in [0, 0.1) is 6.92 Å². The number of thiazole rings is 1. The van der Waals surface area contributed by atoms with Gasteiger partial charge in [-0.1, -0.05) is 53.8 Å². The Hall–Kier alpha value is -3.65. The maximum Gasteiger partial charge on any atom is 0.350 e. The fraction of sp³-hybridized carbons (Fsp3) is 0.136. The topological polar surface area (TPSA) is 102 Å². The fourth-order valence-corrected chi connectivity index (χ4v) is 3.49. The van der Waals surface area contributed by atoms with Gasteiger partial charge >= 0.3 is 5.97 Å². The van der Waals surface area contributed by atoms with Crippen LogP contribution in [0.2, 0.25) is 0 Å². The van der Waals surface area contributed by atoms with Crippen LogP contribution in [0.1, 0.15) is 53.4 Å². The number of aryl methyl sites for hydroxylation is 1. The summed E-state index contributed by atoms with van der Waals surface area (Å²) in [5, 5.41) is 2.89. The number of carbonyl (C=O) groups excluding carboxylic acids is 4. The number of ether oxygens (including phenoxy) is 1. The van der Waals surface area contributed by atoms with Gasteiger partial charge in [0.25, 0.3) is 5.91 Å². The number of aromatic nitrogens is 1. The molecule has 8 heteroatoms. The molecule has 0 aliphatic carbocycles. The van der Waals surface area contributed by atoms with Crippen LogP contribution in [0.3, 0.4) is 0 Å². The molecule has 3 aromatic rings. The molecule has 1 N–H and O–H groups in total. The Morgan fingerprint density at radius 1 is 0.900 bits per heavy atom. The minimum absolute atomic E-state index is 0.190. The summed E-state index contributed by atoms with van der Waals surface area (Å²) in [4.78, 5) is 53.5. The van der Waals surface area contributed by atoms with E-state index in [-0.39, 0.29) is 22.9 Å². The third-order valence-electron chi connectivity index (χ3n) is 4.13. The van der Waals surface area contributed by atoms with Crippen molar-refractivity contribution in [3.05, 3.63) is 81.9 Å². The van der Waals surface area contributed by atoms with Crippen LogP contribution in [0.15, 0.2) is 54.6 Å². The van der Waals surface area contributed by atoms with Gasteiger partial charge in [0.1, 0.15) is 4.88 Å². The first-order valence-corrected chi connectivity index (χ1v) is 9.92. The van der Waals surface area contributed by atoms with E-state index in [1.54, 1.807) is 44.2 Å². The highest BCUT2D eigenvalue weighted by Crippen LogP contribution is 2.24. The molecule has 0 fully saturated rings. The van der Waals surface area contributed by atoms with Crippen molar-refractivity contribution >= 4 is 39.9 Å². The van der Waals surface area contributed by atoms with Gasteiger partial charge in [0.2, 0.25) is 11.6 Å². The van der Waals surface area contributed by atoms with Crippen molar-refractivity contribution < 1.29 is 23.9 Å². The van der Waals surface area contributed by atoms with E-state index in [9.17, 15) is 19.2 Å². The number of nitrogens with zero attached hydrogens (tertiary/aromatic N) is 1. The van der Waals surface area contributed by atoms with Crippen LogP contribution in [0.4, 0.5) is 5.13 Å². The number of benzene rings is 2. The maximum absolute atomic E-state index is 12.5. The van der Waals surface area contributed by atoms with Crippen LogP contribution in [0.5, 0.6) is 0 Å². The number of carbonyl (C=O) groups is 4. The highest BCUT2D eigenvalue weighted by atomic mass is 32.1. The zero-order valence-electron chi connectivity index (χ0n) is 16.3. The standard InChI is InChI=1S/C22H18N2O5S/c1-3-29-21(28)19-13(2)23-22(30-19)24-20(27)16-11-9-15(10-12-16)18(26)17(25)14-7-5-4-6-8-14/h4-12H,3H2,1-2H3,(H,23,24,27). The lowest BCUT2D eigenvalue weighted by molar-refractivity contribution is 0.0530. The van der Waals surface area contributed by atoms with Gasteiger partial charge < -0.3 is 4.74 Å².